The Morgan fingerprint density at radius 2 is 2.05 bits per heavy atom. The maximum atomic E-state index is 13.8. The summed E-state index contributed by atoms with van der Waals surface area (Å²) in [5.74, 6) is 0.334. The van der Waals surface area contributed by atoms with Gasteiger partial charge in [-0.2, -0.15) is 0 Å². The van der Waals surface area contributed by atoms with Crippen LogP contribution >= 0.6 is 11.3 Å². The second kappa shape index (κ2) is 9.64. The number of carbonyl (C=O) groups excluding carboxylic acids is 1. The summed E-state index contributed by atoms with van der Waals surface area (Å²) in [6, 6.07) is 5.62. The van der Waals surface area contributed by atoms with Gasteiger partial charge in [-0.25, -0.2) is 9.97 Å². The van der Waals surface area contributed by atoms with Crippen molar-refractivity contribution < 1.29 is 14.6 Å². The van der Waals surface area contributed by atoms with Crippen molar-refractivity contribution in [3.63, 3.8) is 0 Å². The van der Waals surface area contributed by atoms with Crippen LogP contribution < -0.4 is 15.8 Å². The number of aliphatic hydroxyl groups excluding tert-OH is 1. The Bertz CT molecular complexity index is 1740. The van der Waals surface area contributed by atoms with Crippen molar-refractivity contribution >= 4 is 33.9 Å². The highest BCUT2D eigenvalue weighted by atomic mass is 32.1. The highest BCUT2D eigenvalue weighted by Crippen LogP contribution is 2.40. The van der Waals surface area contributed by atoms with Gasteiger partial charge in [0.15, 0.2) is 5.13 Å². The van der Waals surface area contributed by atoms with E-state index in [-0.39, 0.29) is 23.5 Å². The molecule has 4 aromatic rings. The van der Waals surface area contributed by atoms with Crippen LogP contribution in [0.1, 0.15) is 51.7 Å². The minimum absolute atomic E-state index is 0.109. The fraction of sp³-hybridized carbons (Fsp3) is 0.400. The number of anilines is 3. The molecule has 3 aliphatic rings. The van der Waals surface area contributed by atoms with E-state index >= 15 is 0 Å². The molecule has 0 saturated heterocycles. The summed E-state index contributed by atoms with van der Waals surface area (Å²) in [4.78, 5) is 38.8. The Labute approximate surface area is 241 Å². The molecular formula is C30H32N6O4S. The number of nitrogens with zero attached hydrogens (tertiary/aromatic N) is 5. The molecule has 0 atom stereocenters. The number of hydrogen-bond acceptors (Lipinski definition) is 8. The predicted octanol–water partition coefficient (Wildman–Crippen LogP) is 3.80. The number of rotatable bonds is 5. The Kier molecular flexibility index (Phi) is 6.14. The molecule has 2 aliphatic heterocycles. The van der Waals surface area contributed by atoms with Crippen molar-refractivity contribution in [2.75, 3.05) is 23.4 Å². The summed E-state index contributed by atoms with van der Waals surface area (Å²) < 4.78 is 9.21. The normalized spacial score (nSPS) is 17.4. The third kappa shape index (κ3) is 4.39. The molecule has 0 saturated carbocycles. The zero-order valence-electron chi connectivity index (χ0n) is 23.4. The van der Waals surface area contributed by atoms with Gasteiger partial charge in [0.1, 0.15) is 17.2 Å². The molecular weight excluding hydrogens is 540 g/mol. The molecule has 0 radical (unpaired) electrons. The second-order valence-electron chi connectivity index (χ2n) is 11.8. The molecule has 1 amide bonds. The van der Waals surface area contributed by atoms with Crippen LogP contribution in [0.4, 0.5) is 16.6 Å². The van der Waals surface area contributed by atoms with Crippen LogP contribution in [0.15, 0.2) is 35.4 Å². The number of amides is 1. The maximum Gasteiger partial charge on any atom is 0.276 e. The monoisotopic (exact) mass is 572 g/mol. The predicted molar refractivity (Wildman–Crippen MR) is 157 cm³/mol. The molecule has 2 N–H and O–H groups in total. The lowest BCUT2D eigenvalue weighted by Crippen LogP contribution is -2.41. The van der Waals surface area contributed by atoms with Gasteiger partial charge in [-0.1, -0.05) is 25.2 Å². The largest absolute Gasteiger partial charge is 0.392 e. The standard InChI is InChI=1S/C30H32N6O4S/c1-30(2)12-17-11-23-28(39)36(8-7-35(23)24(17)13-30)26-20(15-37)19(4-6-31-26)18-10-22(27(38)34(3)14-18)33-29-32-21-5-9-40-16-25(21)41-29/h4,6,10-11,14,37H,5,7-9,12-13,15-16H2,1-3H3,(H,32,33). The smallest absolute Gasteiger partial charge is 0.276 e. The van der Waals surface area contributed by atoms with Crippen LogP contribution in [-0.4, -0.2) is 43.3 Å². The summed E-state index contributed by atoms with van der Waals surface area (Å²) in [7, 11) is 1.70. The zero-order valence-corrected chi connectivity index (χ0v) is 24.2. The molecule has 212 valence electrons. The number of hydrogen-bond donors (Lipinski definition) is 2. The van der Waals surface area contributed by atoms with Gasteiger partial charge in [0.25, 0.3) is 11.5 Å². The Morgan fingerprint density at radius 1 is 1.20 bits per heavy atom. The first-order valence-corrected chi connectivity index (χ1v) is 14.7. The SMILES string of the molecule is Cn1cc(-c2ccnc(N3CCn4c(cc5c4CC(C)(C)C5)C3=O)c2CO)cc(Nc2nc3c(s2)COCC3)c1=O. The quantitative estimate of drug-likeness (QED) is 0.374. The molecule has 0 spiro atoms. The van der Waals surface area contributed by atoms with Crippen LogP contribution in [0.25, 0.3) is 11.1 Å². The summed E-state index contributed by atoms with van der Waals surface area (Å²) >= 11 is 1.49. The van der Waals surface area contributed by atoms with Crippen molar-refractivity contribution in [3.05, 3.63) is 74.0 Å². The number of carbonyl (C=O) groups is 1. The first kappa shape index (κ1) is 26.1. The average molecular weight is 573 g/mol. The van der Waals surface area contributed by atoms with Gasteiger partial charge in [0, 0.05) is 55.8 Å². The summed E-state index contributed by atoms with van der Waals surface area (Å²) in [5, 5.41) is 14.4. The molecule has 1 aliphatic carbocycles. The van der Waals surface area contributed by atoms with Crippen molar-refractivity contribution in [3.8, 4) is 11.1 Å². The van der Waals surface area contributed by atoms with Crippen LogP contribution in [0.3, 0.4) is 0 Å². The summed E-state index contributed by atoms with van der Waals surface area (Å²) in [6.45, 7) is 6.55. The molecule has 11 heteroatoms. The lowest BCUT2D eigenvalue weighted by Gasteiger charge is -2.31. The van der Waals surface area contributed by atoms with E-state index in [0.717, 1.165) is 35.4 Å². The molecule has 4 aromatic heterocycles. The van der Waals surface area contributed by atoms with E-state index in [1.54, 1.807) is 30.4 Å². The first-order valence-electron chi connectivity index (χ1n) is 13.9. The van der Waals surface area contributed by atoms with Crippen molar-refractivity contribution in [2.24, 2.45) is 12.5 Å². The van der Waals surface area contributed by atoms with Gasteiger partial charge in [-0.15, -0.1) is 0 Å². The van der Waals surface area contributed by atoms with E-state index < -0.39 is 0 Å². The van der Waals surface area contributed by atoms with Crippen LogP contribution in [0.5, 0.6) is 0 Å². The molecule has 10 nitrogen and oxygen atoms in total. The minimum Gasteiger partial charge on any atom is -0.392 e. The fourth-order valence-corrected chi connectivity index (χ4v) is 7.35. The van der Waals surface area contributed by atoms with E-state index in [1.165, 1.54) is 27.2 Å². The first-order chi connectivity index (χ1) is 19.7. The topological polar surface area (TPSA) is 115 Å². The van der Waals surface area contributed by atoms with Crippen molar-refractivity contribution in [1.82, 2.24) is 19.1 Å². The lowest BCUT2D eigenvalue weighted by molar-refractivity contribution is 0.0962. The second-order valence-corrected chi connectivity index (χ2v) is 12.9. The molecule has 41 heavy (non-hydrogen) atoms. The van der Waals surface area contributed by atoms with E-state index in [0.29, 0.717) is 59.8 Å². The highest BCUT2D eigenvalue weighted by molar-refractivity contribution is 7.15. The number of fused-ring (bicyclic) bond motifs is 4. The molecule has 0 unspecified atom stereocenters. The number of nitrogens with one attached hydrogen (secondary N) is 1. The number of pyridine rings is 2. The van der Waals surface area contributed by atoms with Gasteiger partial charge in [0.2, 0.25) is 0 Å². The van der Waals surface area contributed by atoms with E-state index in [4.69, 9.17) is 4.74 Å². The van der Waals surface area contributed by atoms with Gasteiger partial charge in [-0.3, -0.25) is 14.5 Å². The molecule has 0 bridgehead atoms. The fourth-order valence-electron chi connectivity index (χ4n) is 6.40. The molecule has 0 aromatic carbocycles. The number of ether oxygens (including phenoxy) is 1. The van der Waals surface area contributed by atoms with E-state index in [2.05, 4.69) is 33.7 Å². The van der Waals surface area contributed by atoms with Gasteiger partial charge in [-0.05, 0) is 47.6 Å². The summed E-state index contributed by atoms with van der Waals surface area (Å²) in [6.07, 6.45) is 6.07. The average Bonchev–Trinajstić information content (AvgIpc) is 3.60. The van der Waals surface area contributed by atoms with Crippen molar-refractivity contribution in [1.29, 1.82) is 0 Å². The zero-order chi connectivity index (χ0) is 28.5. The van der Waals surface area contributed by atoms with E-state index in [1.807, 2.05) is 12.1 Å². The van der Waals surface area contributed by atoms with Gasteiger partial charge in [0.05, 0.1) is 30.4 Å². The van der Waals surface area contributed by atoms with Crippen molar-refractivity contribution in [2.45, 2.75) is 52.9 Å². The molecule has 7 rings (SSSR count). The Hall–Kier alpha value is -3.80. The van der Waals surface area contributed by atoms with Crippen LogP contribution in [0.2, 0.25) is 0 Å². The Morgan fingerprint density at radius 3 is 2.85 bits per heavy atom. The number of aromatic nitrogens is 4. The van der Waals surface area contributed by atoms with Gasteiger partial charge >= 0.3 is 0 Å². The highest BCUT2D eigenvalue weighted by Gasteiger charge is 2.37. The third-order valence-corrected chi connectivity index (χ3v) is 9.29. The number of aliphatic hydroxyl groups is 1. The maximum absolute atomic E-state index is 13.8. The van der Waals surface area contributed by atoms with E-state index in [9.17, 15) is 14.7 Å². The van der Waals surface area contributed by atoms with Crippen LogP contribution in [0, 0.1) is 5.41 Å². The number of aryl methyl sites for hydroxylation is 1. The van der Waals surface area contributed by atoms with Gasteiger partial charge < -0.3 is 24.3 Å². The number of thiazole rings is 1. The molecule has 0 fully saturated rings. The van der Waals surface area contributed by atoms with Crippen LogP contribution in [-0.2, 0) is 50.8 Å². The lowest BCUT2D eigenvalue weighted by atomic mass is 9.90. The minimum atomic E-state index is -0.307. The summed E-state index contributed by atoms with van der Waals surface area (Å²) in [5.41, 5.74) is 6.57. The Balaban J connectivity index is 1.24. The molecule has 6 heterocycles. The third-order valence-electron chi connectivity index (χ3n) is 8.30.